The minimum absolute atomic E-state index is 0.00151. The molecule has 1 aromatic heterocycles. The summed E-state index contributed by atoms with van der Waals surface area (Å²) in [5.41, 5.74) is 6.26. The van der Waals surface area contributed by atoms with E-state index in [9.17, 15) is 9.90 Å². The maximum atomic E-state index is 16.5. The van der Waals surface area contributed by atoms with E-state index in [1.165, 1.54) is 6.07 Å². The van der Waals surface area contributed by atoms with Crippen molar-refractivity contribution in [1.82, 2.24) is 14.9 Å². The van der Waals surface area contributed by atoms with Crippen LogP contribution in [0.1, 0.15) is 19.3 Å². The molecule has 39 heavy (non-hydrogen) atoms. The van der Waals surface area contributed by atoms with E-state index in [2.05, 4.69) is 9.97 Å². The van der Waals surface area contributed by atoms with Crippen LogP contribution in [0.15, 0.2) is 42.5 Å². The van der Waals surface area contributed by atoms with Gasteiger partial charge in [0, 0.05) is 30.6 Å². The first-order valence-electron chi connectivity index (χ1n) is 13.0. The number of ether oxygens (including phenoxy) is 1. The van der Waals surface area contributed by atoms with Crippen LogP contribution in [0.2, 0.25) is 5.02 Å². The van der Waals surface area contributed by atoms with Crippen molar-refractivity contribution in [3.05, 3.63) is 53.3 Å². The maximum absolute atomic E-state index is 16.5. The summed E-state index contributed by atoms with van der Waals surface area (Å²) < 4.78 is 22.4. The molecule has 2 heterocycles. The Labute approximate surface area is 231 Å². The zero-order chi connectivity index (χ0) is 27.7. The van der Waals surface area contributed by atoms with Crippen LogP contribution >= 0.6 is 11.6 Å². The molecule has 3 N–H and O–H groups in total. The van der Waals surface area contributed by atoms with Gasteiger partial charge in [-0.05, 0) is 67.9 Å². The predicted molar refractivity (Wildman–Crippen MR) is 152 cm³/mol. The molecule has 1 atom stereocenters. The lowest BCUT2D eigenvalue weighted by molar-refractivity contribution is -0.122. The second-order valence-corrected chi connectivity index (χ2v) is 10.6. The van der Waals surface area contributed by atoms with Gasteiger partial charge in [0.15, 0.2) is 5.82 Å². The van der Waals surface area contributed by atoms with Gasteiger partial charge in [-0.1, -0.05) is 35.9 Å². The van der Waals surface area contributed by atoms with Gasteiger partial charge in [-0.3, -0.25) is 4.79 Å². The Morgan fingerprint density at radius 1 is 1.23 bits per heavy atom. The highest BCUT2D eigenvalue weighted by atomic mass is 35.5. The summed E-state index contributed by atoms with van der Waals surface area (Å²) in [6.45, 7) is 2.14. The molecule has 1 aliphatic rings. The van der Waals surface area contributed by atoms with E-state index in [1.54, 1.807) is 12.1 Å². The molecule has 10 heteroatoms. The second kappa shape index (κ2) is 11.2. The lowest BCUT2D eigenvalue weighted by atomic mass is 9.95. The highest BCUT2D eigenvalue weighted by molar-refractivity contribution is 6.35. The number of fused-ring (bicyclic) bond motifs is 2. The number of primary amides is 1. The van der Waals surface area contributed by atoms with E-state index in [0.717, 1.165) is 30.2 Å². The molecule has 1 fully saturated rings. The summed E-state index contributed by atoms with van der Waals surface area (Å²) in [6, 6.07) is 12.2. The zero-order valence-electron chi connectivity index (χ0n) is 22.0. The normalized spacial score (nSPS) is 15.8. The van der Waals surface area contributed by atoms with Crippen molar-refractivity contribution < 1.29 is 19.0 Å². The summed E-state index contributed by atoms with van der Waals surface area (Å²) in [4.78, 5) is 25.1. The van der Waals surface area contributed by atoms with Gasteiger partial charge in [0.05, 0.1) is 17.5 Å². The highest BCUT2D eigenvalue weighted by Crippen LogP contribution is 2.42. The van der Waals surface area contributed by atoms with Crippen molar-refractivity contribution in [2.24, 2.45) is 11.7 Å². The highest BCUT2D eigenvalue weighted by Gasteiger charge is 2.28. The quantitative estimate of drug-likeness (QED) is 0.298. The number of phenols is 1. The van der Waals surface area contributed by atoms with Gasteiger partial charge in [-0.25, -0.2) is 4.39 Å². The Bertz CT molecular complexity index is 1550. The molecular formula is C29H31ClFN5O3. The lowest BCUT2D eigenvalue weighted by Crippen LogP contribution is -2.41. The van der Waals surface area contributed by atoms with Gasteiger partial charge in [0.25, 0.3) is 0 Å². The molecule has 204 valence electrons. The molecule has 0 spiro atoms. The lowest BCUT2D eigenvalue weighted by Gasteiger charge is -2.33. The summed E-state index contributed by atoms with van der Waals surface area (Å²) in [5.74, 6) is -0.912. The molecule has 8 nitrogen and oxygen atoms in total. The summed E-state index contributed by atoms with van der Waals surface area (Å²) in [5, 5.41) is 12.5. The summed E-state index contributed by atoms with van der Waals surface area (Å²) in [6.07, 6.45) is 2.16. The zero-order valence-corrected chi connectivity index (χ0v) is 22.7. The number of piperidine rings is 1. The van der Waals surface area contributed by atoms with Crippen molar-refractivity contribution in [1.29, 1.82) is 0 Å². The van der Waals surface area contributed by atoms with Crippen LogP contribution in [0.4, 0.5) is 10.2 Å². The predicted octanol–water partition coefficient (Wildman–Crippen LogP) is 4.98. The van der Waals surface area contributed by atoms with E-state index >= 15 is 4.39 Å². The molecule has 1 amide bonds. The van der Waals surface area contributed by atoms with E-state index in [4.69, 9.17) is 22.1 Å². The second-order valence-electron chi connectivity index (χ2n) is 10.2. The molecule has 0 saturated carbocycles. The smallest absolute Gasteiger partial charge is 0.319 e. The van der Waals surface area contributed by atoms with Gasteiger partial charge < -0.3 is 25.4 Å². The fourth-order valence-electron chi connectivity index (χ4n) is 5.16. The molecule has 1 aliphatic heterocycles. The van der Waals surface area contributed by atoms with Crippen LogP contribution in [0.5, 0.6) is 11.8 Å². The van der Waals surface area contributed by atoms with Gasteiger partial charge >= 0.3 is 6.01 Å². The van der Waals surface area contributed by atoms with Crippen molar-refractivity contribution in [3.8, 4) is 22.9 Å². The maximum Gasteiger partial charge on any atom is 0.319 e. The SMILES string of the molecule is CN(C)CCCOc1nc(N2CCC[C@@H](C(N)=O)C2)c2cc(Cl)c(-c3cc(O)cc4ccccc34)c(F)c2n1. The van der Waals surface area contributed by atoms with Crippen LogP contribution in [0.25, 0.3) is 32.8 Å². The monoisotopic (exact) mass is 551 g/mol. The van der Waals surface area contributed by atoms with Crippen LogP contribution in [0.3, 0.4) is 0 Å². The van der Waals surface area contributed by atoms with Crippen molar-refractivity contribution in [3.63, 3.8) is 0 Å². The van der Waals surface area contributed by atoms with E-state index in [1.807, 2.05) is 48.2 Å². The fourth-order valence-corrected chi connectivity index (χ4v) is 5.45. The molecule has 0 aliphatic carbocycles. The number of carbonyl (C=O) groups excluding carboxylic acids is 1. The molecule has 0 unspecified atom stereocenters. The Hall–Kier alpha value is -3.69. The number of amides is 1. The topological polar surface area (TPSA) is 105 Å². The van der Waals surface area contributed by atoms with E-state index < -0.39 is 5.82 Å². The number of rotatable bonds is 8. The third-order valence-corrected chi connectivity index (χ3v) is 7.36. The Balaban J connectivity index is 1.67. The number of halogens is 2. The van der Waals surface area contributed by atoms with Crippen molar-refractivity contribution in [2.75, 3.05) is 45.2 Å². The van der Waals surface area contributed by atoms with Crippen molar-refractivity contribution in [2.45, 2.75) is 19.3 Å². The van der Waals surface area contributed by atoms with Crippen LogP contribution in [0, 0.1) is 11.7 Å². The average molecular weight is 552 g/mol. The first kappa shape index (κ1) is 26.9. The van der Waals surface area contributed by atoms with Gasteiger partial charge in [-0.15, -0.1) is 0 Å². The number of hydrogen-bond donors (Lipinski definition) is 2. The van der Waals surface area contributed by atoms with E-state index in [0.29, 0.717) is 42.9 Å². The molecule has 1 saturated heterocycles. The number of hydrogen-bond acceptors (Lipinski definition) is 7. The Morgan fingerprint density at radius 3 is 2.79 bits per heavy atom. The van der Waals surface area contributed by atoms with Gasteiger partial charge in [0.1, 0.15) is 17.1 Å². The Morgan fingerprint density at radius 2 is 2.03 bits per heavy atom. The number of nitrogens with zero attached hydrogens (tertiary/aromatic N) is 4. The number of carbonyl (C=O) groups is 1. The van der Waals surface area contributed by atoms with Crippen LogP contribution < -0.4 is 15.4 Å². The van der Waals surface area contributed by atoms with Crippen molar-refractivity contribution >= 4 is 45.0 Å². The number of aromatic hydroxyl groups is 1. The molecule has 4 aromatic rings. The van der Waals surface area contributed by atoms with E-state index in [-0.39, 0.29) is 39.7 Å². The molecule has 3 aromatic carbocycles. The number of aromatic nitrogens is 2. The van der Waals surface area contributed by atoms with Gasteiger partial charge in [-0.2, -0.15) is 9.97 Å². The van der Waals surface area contributed by atoms with Crippen LogP contribution in [-0.2, 0) is 4.79 Å². The minimum Gasteiger partial charge on any atom is -0.508 e. The largest absolute Gasteiger partial charge is 0.508 e. The first-order chi connectivity index (χ1) is 18.7. The average Bonchev–Trinajstić information content (AvgIpc) is 2.91. The summed E-state index contributed by atoms with van der Waals surface area (Å²) >= 11 is 6.75. The number of anilines is 1. The standard InChI is InChI=1S/C29H31ClFN5O3/c1-35(2)10-6-12-39-29-33-26-22(28(34-29)36-11-5-8-18(16-36)27(32)38)15-23(30)24(25(26)31)21-14-19(37)13-17-7-3-4-9-20(17)21/h3-4,7,9,13-15,18,37H,5-6,8,10-12,16H2,1-2H3,(H2,32,38)/t18-/m1/s1. The third kappa shape index (κ3) is 5.55. The Kier molecular flexibility index (Phi) is 7.72. The van der Waals surface area contributed by atoms with Gasteiger partial charge in [0.2, 0.25) is 5.91 Å². The molecular weight excluding hydrogens is 521 g/mol. The third-order valence-electron chi connectivity index (χ3n) is 7.06. The molecule has 0 radical (unpaired) electrons. The number of phenolic OH excluding ortho intramolecular Hbond substituents is 1. The fraction of sp³-hybridized carbons (Fsp3) is 0.345. The number of nitrogens with two attached hydrogens (primary N) is 1. The summed E-state index contributed by atoms with van der Waals surface area (Å²) in [7, 11) is 3.95. The minimum atomic E-state index is -0.640. The number of benzene rings is 3. The first-order valence-corrected chi connectivity index (χ1v) is 13.3. The molecule has 5 rings (SSSR count). The van der Waals surface area contributed by atoms with Crippen LogP contribution in [-0.4, -0.2) is 66.2 Å². The molecule has 0 bridgehead atoms.